The standard InChI is InChI=1S/C15H16N2O3/c18-10-1-2-13-12(3-10)14(20)17(8-16-13)9-4-15(5-9)6-11(19)7-15/h1-3,8-9,11,18-19H,4-7H2. The Balaban J connectivity index is 1.68. The molecule has 1 aromatic carbocycles. The predicted molar refractivity (Wildman–Crippen MR) is 73.6 cm³/mol. The zero-order valence-corrected chi connectivity index (χ0v) is 11.0. The van der Waals surface area contributed by atoms with Crippen molar-refractivity contribution in [2.75, 3.05) is 0 Å². The van der Waals surface area contributed by atoms with E-state index < -0.39 is 0 Å². The van der Waals surface area contributed by atoms with Crippen molar-refractivity contribution in [3.63, 3.8) is 0 Å². The molecule has 1 aromatic heterocycles. The molecule has 0 radical (unpaired) electrons. The van der Waals surface area contributed by atoms with E-state index in [9.17, 15) is 15.0 Å². The quantitative estimate of drug-likeness (QED) is 0.826. The van der Waals surface area contributed by atoms with Crippen LogP contribution in [-0.2, 0) is 0 Å². The highest BCUT2D eigenvalue weighted by atomic mass is 16.3. The van der Waals surface area contributed by atoms with Crippen LogP contribution < -0.4 is 5.56 Å². The molecular formula is C15H16N2O3. The van der Waals surface area contributed by atoms with Crippen LogP contribution in [0.25, 0.3) is 10.9 Å². The maximum absolute atomic E-state index is 12.5. The minimum Gasteiger partial charge on any atom is -0.508 e. The van der Waals surface area contributed by atoms with Crippen molar-refractivity contribution in [2.24, 2.45) is 5.41 Å². The van der Waals surface area contributed by atoms with Crippen molar-refractivity contribution in [1.82, 2.24) is 9.55 Å². The number of nitrogens with zero attached hydrogens (tertiary/aromatic N) is 2. The van der Waals surface area contributed by atoms with Crippen molar-refractivity contribution in [3.8, 4) is 5.75 Å². The summed E-state index contributed by atoms with van der Waals surface area (Å²) in [6.07, 6.45) is 5.06. The van der Waals surface area contributed by atoms with Gasteiger partial charge in [-0.15, -0.1) is 0 Å². The van der Waals surface area contributed by atoms with Crippen LogP contribution in [0.2, 0.25) is 0 Å². The molecule has 0 saturated heterocycles. The van der Waals surface area contributed by atoms with Gasteiger partial charge in [0.25, 0.3) is 5.56 Å². The van der Waals surface area contributed by atoms with Crippen LogP contribution in [0, 0.1) is 5.41 Å². The first-order chi connectivity index (χ1) is 9.56. The second-order valence-corrected chi connectivity index (χ2v) is 6.28. The Kier molecular flexibility index (Phi) is 2.27. The Morgan fingerprint density at radius 1 is 1.25 bits per heavy atom. The number of hydrogen-bond donors (Lipinski definition) is 2. The zero-order valence-electron chi connectivity index (χ0n) is 11.0. The van der Waals surface area contributed by atoms with Gasteiger partial charge < -0.3 is 10.2 Å². The molecule has 2 N–H and O–H groups in total. The first kappa shape index (κ1) is 11.9. The number of benzene rings is 1. The molecule has 2 fully saturated rings. The van der Waals surface area contributed by atoms with Gasteiger partial charge in [0.2, 0.25) is 0 Å². The summed E-state index contributed by atoms with van der Waals surface area (Å²) in [5.74, 6) is 0.0846. The van der Waals surface area contributed by atoms with E-state index in [0.717, 1.165) is 25.7 Å². The molecule has 5 heteroatoms. The Morgan fingerprint density at radius 2 is 2.00 bits per heavy atom. The Bertz CT molecular complexity index is 738. The van der Waals surface area contributed by atoms with Gasteiger partial charge in [0, 0.05) is 6.04 Å². The largest absolute Gasteiger partial charge is 0.508 e. The molecule has 1 spiro atoms. The van der Waals surface area contributed by atoms with Crippen molar-refractivity contribution < 1.29 is 10.2 Å². The molecular weight excluding hydrogens is 256 g/mol. The average molecular weight is 272 g/mol. The molecule has 20 heavy (non-hydrogen) atoms. The van der Waals surface area contributed by atoms with Crippen LogP contribution >= 0.6 is 0 Å². The van der Waals surface area contributed by atoms with E-state index in [1.807, 2.05) is 0 Å². The van der Waals surface area contributed by atoms with E-state index in [-0.39, 0.29) is 28.9 Å². The molecule has 4 rings (SSSR count). The summed E-state index contributed by atoms with van der Waals surface area (Å²) in [4.78, 5) is 16.8. The summed E-state index contributed by atoms with van der Waals surface area (Å²) in [5.41, 5.74) is 0.778. The SMILES string of the molecule is O=c1c2cc(O)ccc2ncn1C1CC2(CC(O)C2)C1. The molecule has 0 bridgehead atoms. The summed E-state index contributed by atoms with van der Waals surface area (Å²) in [7, 11) is 0. The number of aliphatic hydroxyl groups excluding tert-OH is 1. The van der Waals surface area contributed by atoms with Gasteiger partial charge in [-0.2, -0.15) is 0 Å². The smallest absolute Gasteiger partial charge is 0.261 e. The van der Waals surface area contributed by atoms with Crippen LogP contribution in [0.5, 0.6) is 5.75 Å². The number of hydrogen-bond acceptors (Lipinski definition) is 4. The van der Waals surface area contributed by atoms with E-state index in [4.69, 9.17) is 0 Å². The topological polar surface area (TPSA) is 75.3 Å². The van der Waals surface area contributed by atoms with Crippen LogP contribution in [0.4, 0.5) is 0 Å². The van der Waals surface area contributed by atoms with Gasteiger partial charge in [0.15, 0.2) is 0 Å². The molecule has 0 atom stereocenters. The fraction of sp³-hybridized carbons (Fsp3) is 0.467. The number of phenolic OH excluding ortho intramolecular Hbond substituents is 1. The second-order valence-electron chi connectivity index (χ2n) is 6.28. The van der Waals surface area contributed by atoms with E-state index in [2.05, 4.69) is 4.98 Å². The lowest BCUT2D eigenvalue weighted by Gasteiger charge is -2.56. The van der Waals surface area contributed by atoms with Crippen molar-refractivity contribution in [3.05, 3.63) is 34.9 Å². The molecule has 0 amide bonds. The van der Waals surface area contributed by atoms with Crippen LogP contribution in [0.3, 0.4) is 0 Å². The number of rotatable bonds is 1. The van der Waals surface area contributed by atoms with E-state index in [0.29, 0.717) is 10.9 Å². The maximum atomic E-state index is 12.5. The third-order valence-corrected chi connectivity index (χ3v) is 4.83. The van der Waals surface area contributed by atoms with Gasteiger partial charge in [0.05, 0.1) is 23.3 Å². The summed E-state index contributed by atoms with van der Waals surface area (Å²) in [5, 5.41) is 19.4. The minimum absolute atomic E-state index is 0.0846. The van der Waals surface area contributed by atoms with E-state index in [1.54, 1.807) is 17.0 Å². The number of aliphatic hydroxyl groups is 1. The zero-order chi connectivity index (χ0) is 13.9. The Labute approximate surface area is 115 Å². The molecule has 1 heterocycles. The second kappa shape index (κ2) is 3.82. The van der Waals surface area contributed by atoms with E-state index >= 15 is 0 Å². The third kappa shape index (κ3) is 1.59. The molecule has 2 aliphatic rings. The molecule has 2 aromatic rings. The van der Waals surface area contributed by atoms with Gasteiger partial charge in [-0.05, 0) is 49.3 Å². The summed E-state index contributed by atoms with van der Waals surface area (Å²) < 4.78 is 1.68. The predicted octanol–water partition coefficient (Wildman–Crippen LogP) is 1.58. The van der Waals surface area contributed by atoms with Gasteiger partial charge in [-0.3, -0.25) is 9.36 Å². The molecule has 2 saturated carbocycles. The Morgan fingerprint density at radius 3 is 2.70 bits per heavy atom. The van der Waals surface area contributed by atoms with Gasteiger partial charge in [-0.25, -0.2) is 4.98 Å². The summed E-state index contributed by atoms with van der Waals surface area (Å²) in [6, 6.07) is 4.84. The lowest BCUT2D eigenvalue weighted by molar-refractivity contribution is -0.106. The lowest BCUT2D eigenvalue weighted by Crippen LogP contribution is -2.51. The Hall–Kier alpha value is -1.88. The lowest BCUT2D eigenvalue weighted by atomic mass is 9.53. The summed E-state index contributed by atoms with van der Waals surface area (Å²) >= 11 is 0. The summed E-state index contributed by atoms with van der Waals surface area (Å²) in [6.45, 7) is 0. The van der Waals surface area contributed by atoms with Crippen LogP contribution in [-0.4, -0.2) is 25.9 Å². The fourth-order valence-corrected chi connectivity index (χ4v) is 3.79. The van der Waals surface area contributed by atoms with Crippen LogP contribution in [0.15, 0.2) is 29.3 Å². The van der Waals surface area contributed by atoms with Crippen molar-refractivity contribution in [1.29, 1.82) is 0 Å². The first-order valence-electron chi connectivity index (χ1n) is 6.94. The normalized spacial score (nSPS) is 32.0. The van der Waals surface area contributed by atoms with Gasteiger partial charge in [0.1, 0.15) is 5.75 Å². The molecule has 104 valence electrons. The van der Waals surface area contributed by atoms with Crippen molar-refractivity contribution >= 4 is 10.9 Å². The van der Waals surface area contributed by atoms with Gasteiger partial charge in [-0.1, -0.05) is 0 Å². The van der Waals surface area contributed by atoms with Crippen molar-refractivity contribution in [2.45, 2.75) is 37.8 Å². The van der Waals surface area contributed by atoms with Gasteiger partial charge >= 0.3 is 0 Å². The molecule has 2 aliphatic carbocycles. The first-order valence-corrected chi connectivity index (χ1v) is 6.94. The number of phenols is 1. The highest BCUT2D eigenvalue weighted by molar-refractivity contribution is 5.78. The number of aromatic hydroxyl groups is 1. The number of aromatic nitrogens is 2. The molecule has 5 nitrogen and oxygen atoms in total. The fourth-order valence-electron chi connectivity index (χ4n) is 3.79. The average Bonchev–Trinajstić information content (AvgIpc) is 2.34. The minimum atomic E-state index is -0.153. The number of fused-ring (bicyclic) bond motifs is 1. The highest BCUT2D eigenvalue weighted by Gasteiger charge is 2.53. The van der Waals surface area contributed by atoms with Crippen LogP contribution in [0.1, 0.15) is 31.7 Å². The van der Waals surface area contributed by atoms with E-state index in [1.165, 1.54) is 12.1 Å². The highest BCUT2D eigenvalue weighted by Crippen LogP contribution is 2.60. The molecule has 0 aliphatic heterocycles. The molecule has 0 unspecified atom stereocenters. The third-order valence-electron chi connectivity index (χ3n) is 4.83. The maximum Gasteiger partial charge on any atom is 0.261 e. The monoisotopic (exact) mass is 272 g/mol.